The highest BCUT2D eigenvalue weighted by atomic mass is 16.1. The molecular formula is C13H19NO. The Kier molecular flexibility index (Phi) is 2.30. The summed E-state index contributed by atoms with van der Waals surface area (Å²) in [5.74, 6) is 2.50. The van der Waals surface area contributed by atoms with E-state index in [4.69, 9.17) is 0 Å². The molecule has 2 nitrogen and oxygen atoms in total. The van der Waals surface area contributed by atoms with Crippen LogP contribution in [-0.4, -0.2) is 11.9 Å². The molecule has 0 heterocycles. The van der Waals surface area contributed by atoms with Gasteiger partial charge >= 0.3 is 0 Å². The van der Waals surface area contributed by atoms with E-state index in [9.17, 15) is 4.79 Å². The van der Waals surface area contributed by atoms with Gasteiger partial charge in [-0.15, -0.1) is 0 Å². The van der Waals surface area contributed by atoms with Gasteiger partial charge in [-0.1, -0.05) is 12.2 Å². The summed E-state index contributed by atoms with van der Waals surface area (Å²) >= 11 is 0. The van der Waals surface area contributed by atoms with E-state index in [1.54, 1.807) is 0 Å². The number of fused-ring (bicyclic) bond motifs is 1. The summed E-state index contributed by atoms with van der Waals surface area (Å²) in [7, 11) is 0. The highest BCUT2D eigenvalue weighted by Crippen LogP contribution is 2.54. The minimum absolute atomic E-state index is 0.336. The van der Waals surface area contributed by atoms with E-state index >= 15 is 0 Å². The Hall–Kier alpha value is -0.790. The molecule has 3 aliphatic carbocycles. The quantitative estimate of drug-likeness (QED) is 0.688. The number of amides is 1. The molecule has 3 atom stereocenters. The van der Waals surface area contributed by atoms with Crippen molar-refractivity contribution in [1.82, 2.24) is 5.32 Å². The fourth-order valence-corrected chi connectivity index (χ4v) is 3.17. The van der Waals surface area contributed by atoms with Crippen LogP contribution in [-0.2, 0) is 4.79 Å². The van der Waals surface area contributed by atoms with Gasteiger partial charge in [-0.2, -0.15) is 0 Å². The highest BCUT2D eigenvalue weighted by molar-refractivity contribution is 5.79. The second-order valence-electron chi connectivity index (χ2n) is 5.41. The van der Waals surface area contributed by atoms with Crippen molar-refractivity contribution in [2.45, 2.75) is 44.6 Å². The molecule has 0 aliphatic heterocycles. The van der Waals surface area contributed by atoms with Crippen molar-refractivity contribution in [3.05, 3.63) is 12.2 Å². The van der Waals surface area contributed by atoms with Crippen molar-refractivity contribution in [2.75, 3.05) is 0 Å². The second-order valence-corrected chi connectivity index (χ2v) is 5.41. The number of carbonyl (C=O) groups is 1. The van der Waals surface area contributed by atoms with Crippen molar-refractivity contribution < 1.29 is 4.79 Å². The third-order valence-corrected chi connectivity index (χ3v) is 4.23. The predicted molar refractivity (Wildman–Crippen MR) is 59.2 cm³/mol. The molecule has 0 aromatic carbocycles. The molecule has 0 spiro atoms. The molecule has 0 aromatic heterocycles. The van der Waals surface area contributed by atoms with Crippen molar-refractivity contribution in [3.63, 3.8) is 0 Å². The number of allylic oxidation sites excluding steroid dienone is 1. The molecule has 0 aromatic rings. The van der Waals surface area contributed by atoms with Crippen LogP contribution in [0.4, 0.5) is 0 Å². The van der Waals surface area contributed by atoms with Crippen LogP contribution >= 0.6 is 0 Å². The molecule has 2 fully saturated rings. The van der Waals surface area contributed by atoms with Crippen molar-refractivity contribution in [1.29, 1.82) is 0 Å². The topological polar surface area (TPSA) is 29.1 Å². The first-order valence-electron chi connectivity index (χ1n) is 6.28. The summed E-state index contributed by atoms with van der Waals surface area (Å²) in [6.45, 7) is 0. The SMILES string of the molecule is O=C(NC1CC=CCC1)C1CC2CC2C1. The minimum Gasteiger partial charge on any atom is -0.353 e. The molecule has 3 rings (SSSR count). The molecule has 1 N–H and O–H groups in total. The first-order chi connectivity index (χ1) is 7.33. The van der Waals surface area contributed by atoms with Gasteiger partial charge < -0.3 is 5.32 Å². The van der Waals surface area contributed by atoms with Gasteiger partial charge in [-0.25, -0.2) is 0 Å². The second kappa shape index (κ2) is 3.66. The summed E-state index contributed by atoms with van der Waals surface area (Å²) < 4.78 is 0. The summed E-state index contributed by atoms with van der Waals surface area (Å²) in [6.07, 6.45) is 11.4. The Morgan fingerprint density at radius 1 is 1.13 bits per heavy atom. The van der Waals surface area contributed by atoms with Crippen molar-refractivity contribution in [3.8, 4) is 0 Å². The van der Waals surface area contributed by atoms with Crippen molar-refractivity contribution in [2.24, 2.45) is 17.8 Å². The first-order valence-corrected chi connectivity index (χ1v) is 6.28. The lowest BCUT2D eigenvalue weighted by Crippen LogP contribution is -2.38. The lowest BCUT2D eigenvalue weighted by molar-refractivity contribution is -0.125. The summed E-state index contributed by atoms with van der Waals surface area (Å²) in [5.41, 5.74) is 0. The number of rotatable bonds is 2. The van der Waals surface area contributed by atoms with Crippen LogP contribution in [0.5, 0.6) is 0 Å². The summed E-state index contributed by atoms with van der Waals surface area (Å²) in [5, 5.41) is 3.21. The Bertz CT molecular complexity index is 287. The van der Waals surface area contributed by atoms with Crippen LogP contribution in [0.15, 0.2) is 12.2 Å². The van der Waals surface area contributed by atoms with Gasteiger partial charge in [0.1, 0.15) is 0 Å². The molecule has 2 saturated carbocycles. The third-order valence-electron chi connectivity index (χ3n) is 4.23. The zero-order chi connectivity index (χ0) is 10.3. The van der Waals surface area contributed by atoms with Crippen LogP contribution in [0.3, 0.4) is 0 Å². The zero-order valence-electron chi connectivity index (χ0n) is 9.11. The van der Waals surface area contributed by atoms with E-state index in [1.165, 1.54) is 19.3 Å². The number of nitrogens with one attached hydrogen (secondary N) is 1. The molecule has 3 unspecified atom stereocenters. The maximum absolute atomic E-state index is 11.9. The minimum atomic E-state index is 0.336. The molecule has 0 radical (unpaired) electrons. The number of hydrogen-bond acceptors (Lipinski definition) is 1. The molecule has 1 amide bonds. The summed E-state index contributed by atoms with van der Waals surface area (Å²) in [4.78, 5) is 11.9. The zero-order valence-corrected chi connectivity index (χ0v) is 9.11. The van der Waals surface area contributed by atoms with E-state index in [1.807, 2.05) is 0 Å². The average molecular weight is 205 g/mol. The smallest absolute Gasteiger partial charge is 0.223 e. The standard InChI is InChI=1S/C13H19NO/c15-13(11-7-9-6-10(9)8-11)14-12-4-2-1-3-5-12/h1-2,9-12H,3-8H2,(H,14,15). The maximum atomic E-state index is 11.9. The molecule has 0 bridgehead atoms. The first kappa shape index (κ1) is 9.44. The Morgan fingerprint density at radius 3 is 2.60 bits per heavy atom. The van der Waals surface area contributed by atoms with E-state index in [-0.39, 0.29) is 0 Å². The third kappa shape index (κ3) is 1.95. The number of hydrogen-bond donors (Lipinski definition) is 1. The number of carbonyl (C=O) groups excluding carboxylic acids is 1. The van der Waals surface area contributed by atoms with E-state index < -0.39 is 0 Å². The maximum Gasteiger partial charge on any atom is 0.223 e. The van der Waals surface area contributed by atoms with E-state index in [0.29, 0.717) is 17.9 Å². The molecule has 82 valence electrons. The predicted octanol–water partition coefficient (Wildman–Crippen LogP) is 2.26. The fourth-order valence-electron chi connectivity index (χ4n) is 3.17. The van der Waals surface area contributed by atoms with E-state index in [0.717, 1.165) is 31.1 Å². The van der Waals surface area contributed by atoms with Gasteiger partial charge in [0.2, 0.25) is 5.91 Å². The van der Waals surface area contributed by atoms with Gasteiger partial charge in [0.25, 0.3) is 0 Å². The molecular weight excluding hydrogens is 186 g/mol. The van der Waals surface area contributed by atoms with E-state index in [2.05, 4.69) is 17.5 Å². The van der Waals surface area contributed by atoms with Crippen LogP contribution in [0, 0.1) is 17.8 Å². The average Bonchev–Trinajstić information content (AvgIpc) is 2.87. The molecule has 3 aliphatic rings. The lowest BCUT2D eigenvalue weighted by atomic mass is 9.98. The fraction of sp³-hybridized carbons (Fsp3) is 0.769. The largest absolute Gasteiger partial charge is 0.353 e. The van der Waals surface area contributed by atoms with Crippen LogP contribution in [0.2, 0.25) is 0 Å². The van der Waals surface area contributed by atoms with Gasteiger partial charge in [-0.3, -0.25) is 4.79 Å². The van der Waals surface area contributed by atoms with Crippen LogP contribution < -0.4 is 5.32 Å². The molecule has 15 heavy (non-hydrogen) atoms. The normalized spacial score (nSPS) is 42.4. The molecule has 2 heteroatoms. The Balaban J connectivity index is 1.50. The monoisotopic (exact) mass is 205 g/mol. The summed E-state index contributed by atoms with van der Waals surface area (Å²) in [6, 6.07) is 0.416. The van der Waals surface area contributed by atoms with Crippen LogP contribution in [0.25, 0.3) is 0 Å². The lowest BCUT2D eigenvalue weighted by Gasteiger charge is -2.22. The van der Waals surface area contributed by atoms with Gasteiger partial charge in [0.05, 0.1) is 0 Å². The molecule has 0 saturated heterocycles. The highest BCUT2D eigenvalue weighted by Gasteiger charge is 2.48. The van der Waals surface area contributed by atoms with Crippen molar-refractivity contribution >= 4 is 5.91 Å². The Labute approximate surface area is 91.1 Å². The van der Waals surface area contributed by atoms with Gasteiger partial charge in [0.15, 0.2) is 0 Å². The van der Waals surface area contributed by atoms with Gasteiger partial charge in [0, 0.05) is 12.0 Å². The van der Waals surface area contributed by atoms with Gasteiger partial charge in [-0.05, 0) is 50.4 Å². The Morgan fingerprint density at radius 2 is 1.93 bits per heavy atom. The van der Waals surface area contributed by atoms with Crippen LogP contribution in [0.1, 0.15) is 38.5 Å².